The van der Waals surface area contributed by atoms with Crippen LogP contribution >= 0.6 is 0 Å². The van der Waals surface area contributed by atoms with E-state index in [0.717, 1.165) is 19.3 Å². The van der Waals surface area contributed by atoms with Crippen LogP contribution in [-0.4, -0.2) is 16.2 Å². The van der Waals surface area contributed by atoms with Gasteiger partial charge in [0.1, 0.15) is 0 Å². The number of aliphatic hydroxyl groups excluding tert-OH is 1. The monoisotopic (exact) mass is 177 g/mol. The average molecular weight is 177 g/mol. The molecule has 1 N–H and O–H groups in total. The highest BCUT2D eigenvalue weighted by Gasteiger charge is 2.27. The van der Waals surface area contributed by atoms with Crippen molar-refractivity contribution in [1.29, 1.82) is 0 Å². The van der Waals surface area contributed by atoms with Crippen LogP contribution in [0.4, 0.5) is 0 Å². The van der Waals surface area contributed by atoms with Crippen molar-refractivity contribution in [2.45, 2.75) is 38.2 Å². The molecule has 2 nitrogen and oxygen atoms in total. The van der Waals surface area contributed by atoms with Crippen molar-refractivity contribution in [1.82, 2.24) is 4.98 Å². The van der Waals surface area contributed by atoms with E-state index in [9.17, 15) is 5.11 Å². The first-order valence-corrected chi connectivity index (χ1v) is 4.87. The normalized spacial score (nSPS) is 27.8. The molecular formula is C11H15NO. The van der Waals surface area contributed by atoms with Crippen molar-refractivity contribution >= 4 is 0 Å². The average Bonchev–Trinajstić information content (AvgIpc) is 2.52. The number of aliphatic hydroxyl groups is 1. The van der Waals surface area contributed by atoms with Gasteiger partial charge in [0.05, 0.1) is 6.10 Å². The van der Waals surface area contributed by atoms with Gasteiger partial charge in [0.25, 0.3) is 0 Å². The molecule has 2 heteroatoms. The van der Waals surface area contributed by atoms with Gasteiger partial charge in [-0.3, -0.25) is 4.98 Å². The molecule has 0 saturated heterocycles. The number of hydrogen-bond acceptors (Lipinski definition) is 2. The molecule has 2 atom stereocenters. The lowest BCUT2D eigenvalue weighted by Crippen LogP contribution is -2.12. The molecule has 0 radical (unpaired) electrons. The van der Waals surface area contributed by atoms with Gasteiger partial charge < -0.3 is 5.11 Å². The van der Waals surface area contributed by atoms with Gasteiger partial charge in [-0.05, 0) is 37.0 Å². The van der Waals surface area contributed by atoms with Crippen molar-refractivity contribution in [3.05, 3.63) is 29.6 Å². The van der Waals surface area contributed by atoms with Crippen molar-refractivity contribution in [2.75, 3.05) is 0 Å². The van der Waals surface area contributed by atoms with Gasteiger partial charge in [0.15, 0.2) is 0 Å². The van der Waals surface area contributed by atoms with Crippen LogP contribution in [0.25, 0.3) is 0 Å². The molecule has 70 valence electrons. The number of hydrogen-bond donors (Lipinski definition) is 1. The van der Waals surface area contributed by atoms with Gasteiger partial charge >= 0.3 is 0 Å². The van der Waals surface area contributed by atoms with E-state index in [1.54, 1.807) is 6.20 Å². The zero-order chi connectivity index (χ0) is 9.26. The number of pyridine rings is 1. The Morgan fingerprint density at radius 3 is 2.92 bits per heavy atom. The molecule has 1 aromatic rings. The van der Waals surface area contributed by atoms with Crippen LogP contribution in [0.5, 0.6) is 0 Å². The van der Waals surface area contributed by atoms with Crippen molar-refractivity contribution in [2.24, 2.45) is 0 Å². The summed E-state index contributed by atoms with van der Waals surface area (Å²) in [6, 6.07) is 2.01. The maximum atomic E-state index is 9.74. The molecule has 0 amide bonds. The first-order chi connectivity index (χ1) is 6.29. The first kappa shape index (κ1) is 8.70. The summed E-state index contributed by atoms with van der Waals surface area (Å²) in [5.74, 6) is 0.327. The highest BCUT2D eigenvalue weighted by molar-refractivity contribution is 5.27. The topological polar surface area (TPSA) is 33.1 Å². The summed E-state index contributed by atoms with van der Waals surface area (Å²) in [4.78, 5) is 4.11. The summed E-state index contributed by atoms with van der Waals surface area (Å²) in [5.41, 5.74) is 2.48. The largest absolute Gasteiger partial charge is 0.392 e. The number of rotatable bonds is 1. The predicted octanol–water partition coefficient (Wildman–Crippen LogP) is 2.02. The van der Waals surface area contributed by atoms with Crippen LogP contribution in [-0.2, 0) is 0 Å². The van der Waals surface area contributed by atoms with Crippen LogP contribution in [0, 0.1) is 6.92 Å². The van der Waals surface area contributed by atoms with Crippen LogP contribution in [0.3, 0.4) is 0 Å². The summed E-state index contributed by atoms with van der Waals surface area (Å²) in [6.45, 7) is 2.09. The van der Waals surface area contributed by atoms with Gasteiger partial charge in [0, 0.05) is 18.3 Å². The molecule has 0 aromatic carbocycles. The summed E-state index contributed by atoms with van der Waals surface area (Å²) in [6.07, 6.45) is 6.74. The fraction of sp³-hybridized carbons (Fsp3) is 0.545. The summed E-state index contributed by atoms with van der Waals surface area (Å²) < 4.78 is 0. The standard InChI is InChI=1S/C11H15NO/c1-8-5-6-12-7-10(8)9-3-2-4-11(9)13/h5-7,9,11,13H,2-4H2,1H3. The molecule has 1 fully saturated rings. The Morgan fingerprint density at radius 1 is 1.46 bits per heavy atom. The minimum atomic E-state index is -0.150. The zero-order valence-electron chi connectivity index (χ0n) is 7.90. The Bertz CT molecular complexity index is 298. The third kappa shape index (κ3) is 1.59. The Hall–Kier alpha value is -0.890. The Labute approximate surface area is 78.6 Å². The molecule has 1 heterocycles. The third-order valence-electron chi connectivity index (χ3n) is 2.96. The highest BCUT2D eigenvalue weighted by atomic mass is 16.3. The molecule has 1 saturated carbocycles. The molecule has 0 bridgehead atoms. The summed E-state index contributed by atoms with van der Waals surface area (Å²) in [7, 11) is 0. The lowest BCUT2D eigenvalue weighted by Gasteiger charge is -2.16. The third-order valence-corrected chi connectivity index (χ3v) is 2.96. The number of nitrogens with zero attached hydrogens (tertiary/aromatic N) is 1. The van der Waals surface area contributed by atoms with E-state index < -0.39 is 0 Å². The lowest BCUT2D eigenvalue weighted by atomic mass is 9.94. The zero-order valence-corrected chi connectivity index (χ0v) is 7.90. The molecule has 0 spiro atoms. The smallest absolute Gasteiger partial charge is 0.0609 e. The quantitative estimate of drug-likeness (QED) is 0.712. The molecule has 1 aromatic heterocycles. The van der Waals surface area contributed by atoms with E-state index in [1.165, 1.54) is 11.1 Å². The molecule has 2 rings (SSSR count). The van der Waals surface area contributed by atoms with Crippen LogP contribution in [0.1, 0.15) is 36.3 Å². The fourth-order valence-corrected chi connectivity index (χ4v) is 2.17. The lowest BCUT2D eigenvalue weighted by molar-refractivity contribution is 0.163. The van der Waals surface area contributed by atoms with Gasteiger partial charge in [-0.25, -0.2) is 0 Å². The molecule has 1 aliphatic rings. The minimum Gasteiger partial charge on any atom is -0.392 e. The molecule has 1 aliphatic carbocycles. The van der Waals surface area contributed by atoms with Crippen LogP contribution in [0.2, 0.25) is 0 Å². The Morgan fingerprint density at radius 2 is 2.31 bits per heavy atom. The van der Waals surface area contributed by atoms with Crippen molar-refractivity contribution in [3.8, 4) is 0 Å². The van der Waals surface area contributed by atoms with E-state index in [2.05, 4.69) is 11.9 Å². The number of aromatic nitrogens is 1. The van der Waals surface area contributed by atoms with Crippen LogP contribution in [0.15, 0.2) is 18.5 Å². The summed E-state index contributed by atoms with van der Waals surface area (Å²) in [5, 5.41) is 9.74. The molecule has 0 aliphatic heterocycles. The maximum Gasteiger partial charge on any atom is 0.0609 e. The van der Waals surface area contributed by atoms with Crippen molar-refractivity contribution in [3.63, 3.8) is 0 Å². The highest BCUT2D eigenvalue weighted by Crippen LogP contribution is 2.35. The van der Waals surface area contributed by atoms with E-state index in [1.807, 2.05) is 12.3 Å². The van der Waals surface area contributed by atoms with Crippen molar-refractivity contribution < 1.29 is 5.11 Å². The molecular weight excluding hydrogens is 162 g/mol. The van der Waals surface area contributed by atoms with E-state index in [4.69, 9.17) is 0 Å². The van der Waals surface area contributed by atoms with Gasteiger partial charge in [0.2, 0.25) is 0 Å². The van der Waals surface area contributed by atoms with E-state index in [0.29, 0.717) is 5.92 Å². The minimum absolute atomic E-state index is 0.150. The Balaban J connectivity index is 2.29. The van der Waals surface area contributed by atoms with E-state index >= 15 is 0 Å². The van der Waals surface area contributed by atoms with Gasteiger partial charge in [-0.2, -0.15) is 0 Å². The molecule has 2 unspecified atom stereocenters. The number of aryl methyl sites for hydroxylation is 1. The fourth-order valence-electron chi connectivity index (χ4n) is 2.17. The second-order valence-corrected chi connectivity index (χ2v) is 3.84. The Kier molecular flexibility index (Phi) is 2.32. The van der Waals surface area contributed by atoms with Gasteiger partial charge in [-0.15, -0.1) is 0 Å². The first-order valence-electron chi connectivity index (χ1n) is 4.87. The maximum absolute atomic E-state index is 9.74. The predicted molar refractivity (Wildman–Crippen MR) is 51.6 cm³/mol. The van der Waals surface area contributed by atoms with E-state index in [-0.39, 0.29) is 6.10 Å². The van der Waals surface area contributed by atoms with Gasteiger partial charge in [-0.1, -0.05) is 6.42 Å². The second-order valence-electron chi connectivity index (χ2n) is 3.84. The molecule has 13 heavy (non-hydrogen) atoms. The summed E-state index contributed by atoms with van der Waals surface area (Å²) >= 11 is 0. The SMILES string of the molecule is Cc1ccncc1C1CCCC1O. The van der Waals surface area contributed by atoms with Crippen LogP contribution < -0.4 is 0 Å². The second kappa shape index (κ2) is 3.46.